The van der Waals surface area contributed by atoms with E-state index < -0.39 is 11.9 Å². The molecule has 2 saturated heterocycles. The highest BCUT2D eigenvalue weighted by atomic mass is 79.9. The van der Waals surface area contributed by atoms with Crippen LogP contribution in [-0.2, 0) is 14.4 Å². The van der Waals surface area contributed by atoms with Gasteiger partial charge in [-0.05, 0) is 47.3 Å². The van der Waals surface area contributed by atoms with Gasteiger partial charge in [0.05, 0.1) is 11.6 Å². The molecule has 2 aliphatic heterocycles. The Morgan fingerprint density at radius 3 is 2.38 bits per heavy atom. The third kappa shape index (κ3) is 3.17. The number of rotatable bonds is 3. The van der Waals surface area contributed by atoms with Gasteiger partial charge in [0, 0.05) is 24.1 Å². The summed E-state index contributed by atoms with van der Waals surface area (Å²) in [4.78, 5) is 39.6. The van der Waals surface area contributed by atoms with E-state index in [1.807, 2.05) is 24.3 Å². The van der Waals surface area contributed by atoms with Crippen LogP contribution in [0.15, 0.2) is 28.7 Å². The van der Waals surface area contributed by atoms with E-state index in [0.717, 1.165) is 10.2 Å². The number of carboxylic acid groups (broad SMARTS) is 1. The zero-order valence-electron chi connectivity index (χ0n) is 13.2. The summed E-state index contributed by atoms with van der Waals surface area (Å²) in [5.74, 6) is -2.19. The van der Waals surface area contributed by atoms with Gasteiger partial charge in [-0.3, -0.25) is 14.4 Å². The van der Waals surface area contributed by atoms with Gasteiger partial charge in [-0.25, -0.2) is 0 Å². The van der Waals surface area contributed by atoms with Crippen LogP contribution in [0.4, 0.5) is 5.69 Å². The highest BCUT2D eigenvalue weighted by Crippen LogP contribution is 2.32. The first-order chi connectivity index (χ1) is 11.5. The van der Waals surface area contributed by atoms with Gasteiger partial charge in [0.1, 0.15) is 5.92 Å². The number of halogens is 1. The van der Waals surface area contributed by atoms with E-state index in [4.69, 9.17) is 5.11 Å². The highest BCUT2D eigenvalue weighted by Gasteiger charge is 2.41. The van der Waals surface area contributed by atoms with Gasteiger partial charge in [-0.2, -0.15) is 0 Å². The van der Waals surface area contributed by atoms with Crippen molar-refractivity contribution in [1.29, 1.82) is 0 Å². The number of likely N-dealkylation sites (tertiary alicyclic amines) is 1. The molecule has 0 unspecified atom stereocenters. The fourth-order valence-corrected chi connectivity index (χ4v) is 3.88. The Bertz CT molecular complexity index is 670. The fraction of sp³-hybridized carbons (Fsp3) is 0.471. The van der Waals surface area contributed by atoms with Gasteiger partial charge in [0.25, 0.3) is 0 Å². The quantitative estimate of drug-likeness (QED) is 0.796. The molecule has 24 heavy (non-hydrogen) atoms. The minimum Gasteiger partial charge on any atom is -0.481 e. The van der Waals surface area contributed by atoms with Crippen LogP contribution in [-0.4, -0.2) is 47.4 Å². The van der Waals surface area contributed by atoms with E-state index in [-0.39, 0.29) is 17.7 Å². The number of aliphatic carboxylic acids is 1. The molecule has 1 N–H and O–H groups in total. The summed E-state index contributed by atoms with van der Waals surface area (Å²) in [6, 6.07) is 7.46. The van der Waals surface area contributed by atoms with Gasteiger partial charge in [-0.15, -0.1) is 0 Å². The van der Waals surface area contributed by atoms with Crippen LogP contribution in [0.3, 0.4) is 0 Å². The fourth-order valence-electron chi connectivity index (χ4n) is 3.39. The molecular weight excluding hydrogens is 376 g/mol. The van der Waals surface area contributed by atoms with Crippen molar-refractivity contribution in [2.75, 3.05) is 24.5 Å². The first-order valence-electron chi connectivity index (χ1n) is 8.06. The third-order valence-corrected chi connectivity index (χ3v) is 5.47. The molecule has 6 nitrogen and oxygen atoms in total. The summed E-state index contributed by atoms with van der Waals surface area (Å²) in [6.45, 7) is 1.34. The number of para-hydroxylation sites is 1. The smallest absolute Gasteiger partial charge is 0.306 e. The Morgan fingerprint density at radius 1 is 1.08 bits per heavy atom. The van der Waals surface area contributed by atoms with Gasteiger partial charge in [0.15, 0.2) is 0 Å². The van der Waals surface area contributed by atoms with Crippen LogP contribution in [0.5, 0.6) is 0 Å². The van der Waals surface area contributed by atoms with Crippen LogP contribution >= 0.6 is 15.9 Å². The molecule has 0 aromatic heterocycles. The SMILES string of the molecule is O=C(O)C1CCN(C(=O)[C@H]2CCN(c3ccccc3Br)C2=O)CC1. The molecule has 1 aromatic carbocycles. The molecule has 0 radical (unpaired) electrons. The van der Waals surface area contributed by atoms with Crippen LogP contribution in [0, 0.1) is 11.8 Å². The van der Waals surface area contributed by atoms with E-state index >= 15 is 0 Å². The van der Waals surface area contributed by atoms with E-state index in [2.05, 4.69) is 15.9 Å². The maximum Gasteiger partial charge on any atom is 0.306 e. The molecule has 2 amide bonds. The number of anilines is 1. The normalized spacial score (nSPS) is 22.0. The topological polar surface area (TPSA) is 77.9 Å². The molecule has 2 heterocycles. The second-order valence-corrected chi connectivity index (χ2v) is 7.07. The molecule has 2 aliphatic rings. The number of hydrogen-bond donors (Lipinski definition) is 1. The zero-order valence-corrected chi connectivity index (χ0v) is 14.7. The van der Waals surface area contributed by atoms with Crippen molar-refractivity contribution < 1.29 is 19.5 Å². The molecule has 0 spiro atoms. The van der Waals surface area contributed by atoms with E-state index in [1.165, 1.54) is 0 Å². The summed E-state index contributed by atoms with van der Waals surface area (Å²) in [5.41, 5.74) is 0.780. The van der Waals surface area contributed by atoms with Crippen LogP contribution in [0.25, 0.3) is 0 Å². The molecule has 1 aromatic rings. The summed E-state index contributed by atoms with van der Waals surface area (Å²) in [6.07, 6.45) is 1.41. The molecule has 0 aliphatic carbocycles. The Balaban J connectivity index is 1.66. The second kappa shape index (κ2) is 6.93. The second-order valence-electron chi connectivity index (χ2n) is 6.22. The molecule has 128 valence electrons. The Morgan fingerprint density at radius 2 is 1.75 bits per heavy atom. The Kier molecular flexibility index (Phi) is 4.89. The van der Waals surface area contributed by atoms with Gasteiger partial charge >= 0.3 is 5.97 Å². The average Bonchev–Trinajstić information content (AvgIpc) is 2.96. The summed E-state index contributed by atoms with van der Waals surface area (Å²) in [7, 11) is 0. The largest absolute Gasteiger partial charge is 0.481 e. The van der Waals surface area contributed by atoms with E-state index in [9.17, 15) is 14.4 Å². The minimum atomic E-state index is -0.806. The van der Waals surface area contributed by atoms with Crippen molar-refractivity contribution in [3.05, 3.63) is 28.7 Å². The number of carbonyl (C=O) groups excluding carboxylic acids is 2. The predicted molar refractivity (Wildman–Crippen MR) is 91.5 cm³/mol. The lowest BCUT2D eigenvalue weighted by Crippen LogP contribution is -2.45. The monoisotopic (exact) mass is 394 g/mol. The summed E-state index contributed by atoms with van der Waals surface area (Å²) in [5, 5.41) is 9.03. The van der Waals surface area contributed by atoms with Gasteiger partial charge < -0.3 is 14.9 Å². The first kappa shape index (κ1) is 17.0. The number of piperidine rings is 1. The van der Waals surface area contributed by atoms with Crippen molar-refractivity contribution in [2.45, 2.75) is 19.3 Å². The van der Waals surface area contributed by atoms with Crippen LogP contribution in [0.1, 0.15) is 19.3 Å². The highest BCUT2D eigenvalue weighted by molar-refractivity contribution is 9.10. The summed E-state index contributed by atoms with van der Waals surface area (Å²) < 4.78 is 0.828. The van der Waals surface area contributed by atoms with Gasteiger partial charge in [0.2, 0.25) is 11.8 Å². The number of benzene rings is 1. The Labute approximate surface area is 148 Å². The number of carbonyl (C=O) groups is 3. The Hall–Kier alpha value is -1.89. The first-order valence-corrected chi connectivity index (χ1v) is 8.86. The molecular formula is C17H19BrN2O4. The van der Waals surface area contributed by atoms with Gasteiger partial charge in [-0.1, -0.05) is 12.1 Å². The van der Waals surface area contributed by atoms with Crippen molar-refractivity contribution in [2.24, 2.45) is 11.8 Å². The molecule has 2 fully saturated rings. The minimum absolute atomic E-state index is 0.168. The molecule has 0 bridgehead atoms. The number of carboxylic acids is 1. The lowest BCUT2D eigenvalue weighted by Gasteiger charge is -2.31. The third-order valence-electron chi connectivity index (χ3n) is 4.80. The predicted octanol–water partition coefficient (Wildman–Crippen LogP) is 2.13. The maximum atomic E-state index is 12.7. The summed E-state index contributed by atoms with van der Waals surface area (Å²) >= 11 is 3.44. The lowest BCUT2D eigenvalue weighted by atomic mass is 9.95. The van der Waals surface area contributed by atoms with Crippen molar-refractivity contribution in [3.63, 3.8) is 0 Å². The number of nitrogens with zero attached hydrogens (tertiary/aromatic N) is 2. The van der Waals surface area contributed by atoms with E-state index in [0.29, 0.717) is 38.9 Å². The standard InChI is InChI=1S/C17H19BrN2O4/c18-13-3-1-2-4-14(13)20-10-7-12(16(20)22)15(21)19-8-5-11(6-9-19)17(23)24/h1-4,11-12H,5-10H2,(H,23,24)/t12-/m1/s1. The van der Waals surface area contributed by atoms with Crippen molar-refractivity contribution in [1.82, 2.24) is 4.90 Å². The average molecular weight is 395 g/mol. The zero-order chi connectivity index (χ0) is 17.3. The molecule has 0 saturated carbocycles. The van der Waals surface area contributed by atoms with Crippen LogP contribution < -0.4 is 4.90 Å². The van der Waals surface area contributed by atoms with Crippen LogP contribution in [0.2, 0.25) is 0 Å². The van der Waals surface area contributed by atoms with Crippen molar-refractivity contribution in [3.8, 4) is 0 Å². The van der Waals surface area contributed by atoms with Crippen molar-refractivity contribution >= 4 is 39.4 Å². The maximum absolute atomic E-state index is 12.7. The lowest BCUT2D eigenvalue weighted by molar-refractivity contribution is -0.148. The molecule has 3 rings (SSSR count). The number of hydrogen-bond acceptors (Lipinski definition) is 3. The molecule has 1 atom stereocenters. The van der Waals surface area contributed by atoms with E-state index in [1.54, 1.807) is 9.80 Å². The molecule has 7 heteroatoms. The number of amides is 2.